The zero-order valence-corrected chi connectivity index (χ0v) is 20.0. The Morgan fingerprint density at radius 1 is 1.05 bits per heavy atom. The number of benzene rings is 3. The molecule has 0 amide bonds. The molecule has 0 radical (unpaired) electrons. The van der Waals surface area contributed by atoms with Crippen molar-refractivity contribution in [3.8, 4) is 0 Å². The normalized spacial score (nSPS) is 14.0. The van der Waals surface area contributed by atoms with Gasteiger partial charge in [-0.05, 0) is 49.2 Å². The van der Waals surface area contributed by atoms with E-state index in [9.17, 15) is 27.9 Å². The first-order chi connectivity index (χ1) is 17.5. The minimum atomic E-state index is -4.70. The molecular weight excluding hydrogens is 485 g/mol. The molecule has 3 aromatic carbocycles. The number of alkyl halides is 3. The third kappa shape index (κ3) is 4.41. The van der Waals surface area contributed by atoms with Crippen molar-refractivity contribution >= 4 is 28.5 Å². The average Bonchev–Trinajstić information content (AvgIpc) is 3.29. The number of nitrogens with one attached hydrogen (secondary N) is 1. The van der Waals surface area contributed by atoms with Crippen LogP contribution in [0.2, 0.25) is 0 Å². The van der Waals surface area contributed by atoms with Gasteiger partial charge in [0.25, 0.3) is 0 Å². The number of halogens is 3. The summed E-state index contributed by atoms with van der Waals surface area (Å²) in [5.74, 6) is -0.880. The van der Waals surface area contributed by atoms with Gasteiger partial charge in [0.2, 0.25) is 5.88 Å². The number of fused-ring (bicyclic) bond motifs is 2. The summed E-state index contributed by atoms with van der Waals surface area (Å²) in [6.45, 7) is 4.15. The molecule has 0 saturated carbocycles. The molecule has 0 bridgehead atoms. The highest BCUT2D eigenvalue weighted by Crippen LogP contribution is 2.38. The Bertz CT molecular complexity index is 1570. The number of hydrogen-bond donors (Lipinski definition) is 2. The number of aromatic carboxylic acids is 1. The minimum absolute atomic E-state index is 0.0292. The van der Waals surface area contributed by atoms with E-state index < -0.39 is 29.2 Å². The molecule has 0 aliphatic carbocycles. The Hall–Kier alpha value is -4.27. The van der Waals surface area contributed by atoms with Gasteiger partial charge >= 0.3 is 12.1 Å². The van der Waals surface area contributed by atoms with E-state index in [2.05, 4.69) is 5.32 Å². The number of rotatable bonds is 5. The lowest BCUT2D eigenvalue weighted by atomic mass is 9.99. The van der Waals surface area contributed by atoms with Crippen molar-refractivity contribution in [1.82, 2.24) is 0 Å². The van der Waals surface area contributed by atoms with Gasteiger partial charge in [-0.25, -0.2) is 4.79 Å². The van der Waals surface area contributed by atoms with Gasteiger partial charge < -0.3 is 19.7 Å². The molecule has 9 heteroatoms. The van der Waals surface area contributed by atoms with Crippen LogP contribution in [0.25, 0.3) is 11.0 Å². The molecule has 1 aromatic heterocycles. The maximum Gasteiger partial charge on any atom is 0.416 e. The Balaban J connectivity index is 1.67. The van der Waals surface area contributed by atoms with E-state index in [1.165, 1.54) is 12.1 Å². The molecule has 4 aromatic rings. The second-order valence-electron chi connectivity index (χ2n) is 9.14. The molecule has 1 aliphatic rings. The predicted octanol–water partition coefficient (Wildman–Crippen LogP) is 6.51. The lowest BCUT2D eigenvalue weighted by Gasteiger charge is -2.23. The van der Waals surface area contributed by atoms with Crippen LogP contribution in [-0.2, 0) is 19.3 Å². The number of anilines is 2. The highest BCUT2D eigenvalue weighted by atomic mass is 19.4. The van der Waals surface area contributed by atoms with E-state index in [0.29, 0.717) is 19.0 Å². The number of para-hydroxylation sites is 1. The molecule has 6 nitrogen and oxygen atoms in total. The number of carboxylic acid groups (broad SMARTS) is 1. The van der Waals surface area contributed by atoms with Crippen molar-refractivity contribution in [2.24, 2.45) is 0 Å². The Labute approximate surface area is 210 Å². The van der Waals surface area contributed by atoms with Crippen molar-refractivity contribution < 1.29 is 27.5 Å². The number of hydrogen-bond acceptors (Lipinski definition) is 5. The molecule has 0 fully saturated rings. The van der Waals surface area contributed by atoms with Gasteiger partial charge in [-0.2, -0.15) is 13.2 Å². The fourth-order valence-electron chi connectivity index (χ4n) is 4.78. The van der Waals surface area contributed by atoms with E-state index in [0.717, 1.165) is 23.3 Å². The maximum absolute atomic E-state index is 13.8. The van der Waals surface area contributed by atoms with Gasteiger partial charge in [-0.1, -0.05) is 36.4 Å². The van der Waals surface area contributed by atoms with Crippen LogP contribution in [0.5, 0.6) is 0 Å². The zero-order chi connectivity index (χ0) is 26.5. The summed E-state index contributed by atoms with van der Waals surface area (Å²) in [5, 5.41) is 12.3. The minimum Gasteiger partial charge on any atom is -0.478 e. The second kappa shape index (κ2) is 8.99. The molecule has 0 spiro atoms. The molecule has 190 valence electrons. The highest BCUT2D eigenvalue weighted by molar-refractivity contribution is 5.94. The van der Waals surface area contributed by atoms with Crippen molar-refractivity contribution in [2.45, 2.75) is 39.2 Å². The lowest BCUT2D eigenvalue weighted by molar-refractivity contribution is -0.137. The van der Waals surface area contributed by atoms with E-state index in [4.69, 9.17) is 4.42 Å². The Morgan fingerprint density at radius 2 is 1.68 bits per heavy atom. The molecular formula is C28H23F3N2O4. The fourth-order valence-corrected chi connectivity index (χ4v) is 4.78. The van der Waals surface area contributed by atoms with Crippen molar-refractivity contribution in [1.29, 1.82) is 0 Å². The monoisotopic (exact) mass is 508 g/mol. The summed E-state index contributed by atoms with van der Waals surface area (Å²) in [6.07, 6.45) is -4.70. The number of carboxylic acids is 1. The van der Waals surface area contributed by atoms with E-state index in [1.54, 1.807) is 26.0 Å². The molecule has 1 aliphatic heterocycles. The third-order valence-electron chi connectivity index (χ3n) is 6.67. The van der Waals surface area contributed by atoms with Crippen molar-refractivity contribution in [3.05, 3.63) is 104 Å². The van der Waals surface area contributed by atoms with Crippen LogP contribution in [0.1, 0.15) is 51.1 Å². The fraction of sp³-hybridized carbons (Fsp3) is 0.214. The summed E-state index contributed by atoms with van der Waals surface area (Å²) < 4.78 is 47.7. The maximum atomic E-state index is 13.8. The van der Waals surface area contributed by atoms with Crippen molar-refractivity contribution in [3.63, 3.8) is 0 Å². The summed E-state index contributed by atoms with van der Waals surface area (Å²) in [5.41, 5.74) is 1.19. The molecule has 37 heavy (non-hydrogen) atoms. The van der Waals surface area contributed by atoms with E-state index >= 15 is 0 Å². The van der Waals surface area contributed by atoms with Gasteiger partial charge in [-0.3, -0.25) is 4.79 Å². The van der Waals surface area contributed by atoms with Crippen LogP contribution in [0.3, 0.4) is 0 Å². The van der Waals surface area contributed by atoms with Gasteiger partial charge in [-0.15, -0.1) is 0 Å². The van der Waals surface area contributed by atoms with Gasteiger partial charge in [0.15, 0.2) is 5.43 Å². The molecule has 2 N–H and O–H groups in total. The predicted molar refractivity (Wildman–Crippen MR) is 134 cm³/mol. The van der Waals surface area contributed by atoms with Crippen LogP contribution in [0.4, 0.5) is 24.7 Å². The SMILES string of the molecule is Cc1c(N2Cc3ccccc3C2)oc2c([C@@H](C)Nc3ccccc3C(=O)O)cc(C(F)(F)F)cc2c1=O. The van der Waals surface area contributed by atoms with Gasteiger partial charge in [0.1, 0.15) is 5.58 Å². The second-order valence-corrected chi connectivity index (χ2v) is 9.14. The zero-order valence-electron chi connectivity index (χ0n) is 20.0. The first-order valence-electron chi connectivity index (χ1n) is 11.6. The van der Waals surface area contributed by atoms with Crippen LogP contribution in [0.15, 0.2) is 69.9 Å². The van der Waals surface area contributed by atoms with Gasteiger partial charge in [0, 0.05) is 24.3 Å². The Morgan fingerprint density at radius 3 is 2.30 bits per heavy atom. The van der Waals surface area contributed by atoms with E-state index in [-0.39, 0.29) is 33.3 Å². The molecule has 1 atom stereocenters. The Kier molecular flexibility index (Phi) is 5.94. The van der Waals surface area contributed by atoms with Crippen LogP contribution >= 0.6 is 0 Å². The first kappa shape index (κ1) is 24.4. The number of nitrogens with zero attached hydrogens (tertiary/aromatic N) is 1. The summed E-state index contributed by atoms with van der Waals surface area (Å²) >= 11 is 0. The first-order valence-corrected chi connectivity index (χ1v) is 11.6. The molecule has 2 heterocycles. The van der Waals surface area contributed by atoms with Gasteiger partial charge in [0.05, 0.1) is 28.1 Å². The molecule has 5 rings (SSSR count). The summed E-state index contributed by atoms with van der Waals surface area (Å²) in [7, 11) is 0. The third-order valence-corrected chi connectivity index (χ3v) is 6.67. The average molecular weight is 508 g/mol. The summed E-state index contributed by atoms with van der Waals surface area (Å²) in [6, 6.07) is 14.9. The topological polar surface area (TPSA) is 82.8 Å². The standard InChI is InChI=1S/C28H23F3N2O4/c1-15-24(34)22-12-19(28(29,30)31)11-21(16(2)32-23-10-6-5-9-20(23)27(35)36)25(22)37-26(15)33-13-17-7-3-4-8-18(17)14-33/h3-12,16,32H,13-14H2,1-2H3,(H,35,36)/t16-/m1/s1. The molecule has 0 saturated heterocycles. The largest absolute Gasteiger partial charge is 0.478 e. The smallest absolute Gasteiger partial charge is 0.416 e. The quantitative estimate of drug-likeness (QED) is 0.320. The van der Waals surface area contributed by atoms with Crippen LogP contribution < -0.4 is 15.6 Å². The van der Waals surface area contributed by atoms with Crippen molar-refractivity contribution in [2.75, 3.05) is 10.2 Å². The van der Waals surface area contributed by atoms with E-state index in [1.807, 2.05) is 29.2 Å². The molecule has 0 unspecified atom stereocenters. The highest BCUT2D eigenvalue weighted by Gasteiger charge is 2.34. The summed E-state index contributed by atoms with van der Waals surface area (Å²) in [4.78, 5) is 26.9. The number of carbonyl (C=O) groups is 1. The van der Waals surface area contributed by atoms with Crippen LogP contribution in [-0.4, -0.2) is 11.1 Å². The lowest BCUT2D eigenvalue weighted by Crippen LogP contribution is -2.21. The van der Waals surface area contributed by atoms with Crippen LogP contribution in [0, 0.1) is 6.92 Å².